The third-order valence-corrected chi connectivity index (χ3v) is 2.94. The fourth-order valence-corrected chi connectivity index (χ4v) is 1.86. The number of urea groups is 1. The van der Waals surface area contributed by atoms with Crippen molar-refractivity contribution in [3.8, 4) is 0 Å². The van der Waals surface area contributed by atoms with Crippen molar-refractivity contribution >= 4 is 11.7 Å². The third-order valence-electron chi connectivity index (χ3n) is 2.94. The predicted molar refractivity (Wildman–Crippen MR) is 80.8 cm³/mol. The first kappa shape index (κ1) is 14.1. The average molecular weight is 269 g/mol. The van der Waals surface area contributed by atoms with Crippen LogP contribution in [0, 0.1) is 6.92 Å². The van der Waals surface area contributed by atoms with Crippen molar-refractivity contribution in [2.24, 2.45) is 0 Å². The zero-order valence-electron chi connectivity index (χ0n) is 11.6. The molecule has 0 fully saturated rings. The van der Waals surface area contributed by atoms with Gasteiger partial charge in [-0.15, -0.1) is 0 Å². The molecule has 2 N–H and O–H groups in total. The quantitative estimate of drug-likeness (QED) is 0.819. The summed E-state index contributed by atoms with van der Waals surface area (Å²) in [5, 5.41) is 5.59. The van der Waals surface area contributed by atoms with Gasteiger partial charge in [-0.1, -0.05) is 30.3 Å². The maximum Gasteiger partial charge on any atom is 0.319 e. The number of amides is 2. The second kappa shape index (κ2) is 7.28. The molecule has 4 heteroatoms. The fourth-order valence-electron chi connectivity index (χ4n) is 1.86. The molecule has 2 aromatic rings. The van der Waals surface area contributed by atoms with Gasteiger partial charge < -0.3 is 10.6 Å². The number of hydrogen-bond acceptors (Lipinski definition) is 2. The molecule has 0 aliphatic heterocycles. The minimum Gasteiger partial charge on any atom is -0.338 e. The van der Waals surface area contributed by atoms with Crippen LogP contribution in [0.4, 0.5) is 10.5 Å². The molecular weight excluding hydrogens is 250 g/mol. The van der Waals surface area contributed by atoms with Crippen molar-refractivity contribution in [3.05, 3.63) is 59.9 Å². The molecule has 2 rings (SSSR count). The Labute approximate surface area is 119 Å². The lowest BCUT2D eigenvalue weighted by molar-refractivity contribution is 0.252. The molecule has 0 spiro atoms. The largest absolute Gasteiger partial charge is 0.338 e. The zero-order chi connectivity index (χ0) is 14.2. The van der Waals surface area contributed by atoms with Gasteiger partial charge in [-0.2, -0.15) is 0 Å². The molecular formula is C16H19N3O. The maximum atomic E-state index is 11.7. The minimum atomic E-state index is -0.191. The van der Waals surface area contributed by atoms with Gasteiger partial charge in [0.1, 0.15) is 0 Å². The summed E-state index contributed by atoms with van der Waals surface area (Å²) in [6.45, 7) is 2.56. The van der Waals surface area contributed by atoms with Crippen LogP contribution in [-0.2, 0) is 6.42 Å². The Balaban J connectivity index is 1.66. The molecule has 0 aliphatic carbocycles. The molecule has 1 heterocycles. The Morgan fingerprint density at radius 3 is 2.65 bits per heavy atom. The number of carbonyl (C=O) groups excluding carboxylic acids is 1. The summed E-state index contributed by atoms with van der Waals surface area (Å²) in [5.74, 6) is 0. The number of benzene rings is 1. The number of nitrogens with zero attached hydrogens (tertiary/aromatic N) is 1. The molecule has 0 unspecified atom stereocenters. The van der Waals surface area contributed by atoms with E-state index in [1.165, 1.54) is 5.56 Å². The van der Waals surface area contributed by atoms with Crippen LogP contribution in [0.1, 0.15) is 17.7 Å². The van der Waals surface area contributed by atoms with Crippen LogP contribution < -0.4 is 10.6 Å². The molecule has 0 aliphatic rings. The Morgan fingerprint density at radius 2 is 1.95 bits per heavy atom. The van der Waals surface area contributed by atoms with Crippen molar-refractivity contribution in [2.75, 3.05) is 11.9 Å². The number of rotatable bonds is 5. The lowest BCUT2D eigenvalue weighted by Crippen LogP contribution is -2.29. The van der Waals surface area contributed by atoms with Crippen LogP contribution in [0.25, 0.3) is 0 Å². The highest BCUT2D eigenvalue weighted by molar-refractivity contribution is 5.88. The van der Waals surface area contributed by atoms with Crippen LogP contribution in [-0.4, -0.2) is 17.6 Å². The monoisotopic (exact) mass is 269 g/mol. The summed E-state index contributed by atoms with van der Waals surface area (Å²) in [7, 11) is 0. The van der Waals surface area contributed by atoms with E-state index >= 15 is 0 Å². The molecule has 4 nitrogen and oxygen atoms in total. The van der Waals surface area contributed by atoms with E-state index in [9.17, 15) is 4.79 Å². The van der Waals surface area contributed by atoms with Gasteiger partial charge in [0.15, 0.2) is 0 Å². The van der Waals surface area contributed by atoms with E-state index in [1.807, 2.05) is 37.3 Å². The van der Waals surface area contributed by atoms with Crippen molar-refractivity contribution in [2.45, 2.75) is 19.8 Å². The molecule has 2 amide bonds. The molecule has 20 heavy (non-hydrogen) atoms. The highest BCUT2D eigenvalue weighted by Gasteiger charge is 2.01. The number of anilines is 1. The number of pyridine rings is 1. The summed E-state index contributed by atoms with van der Waals surface area (Å²) in [6.07, 6.45) is 3.54. The van der Waals surface area contributed by atoms with Gasteiger partial charge in [-0.3, -0.25) is 4.98 Å². The van der Waals surface area contributed by atoms with Gasteiger partial charge in [0.05, 0.1) is 11.9 Å². The summed E-state index contributed by atoms with van der Waals surface area (Å²) >= 11 is 0. The fraction of sp³-hybridized carbons (Fsp3) is 0.250. The van der Waals surface area contributed by atoms with Crippen LogP contribution in [0.3, 0.4) is 0 Å². The van der Waals surface area contributed by atoms with E-state index in [2.05, 4.69) is 27.8 Å². The summed E-state index contributed by atoms with van der Waals surface area (Å²) in [5.41, 5.74) is 2.92. The van der Waals surface area contributed by atoms with E-state index in [-0.39, 0.29) is 6.03 Å². The molecule has 0 saturated heterocycles. The first-order valence-electron chi connectivity index (χ1n) is 6.75. The topological polar surface area (TPSA) is 54.0 Å². The average Bonchev–Trinajstić information content (AvgIpc) is 2.47. The Bertz CT molecular complexity index is 537. The molecule has 1 aromatic carbocycles. The van der Waals surface area contributed by atoms with Crippen LogP contribution >= 0.6 is 0 Å². The van der Waals surface area contributed by atoms with Crippen LogP contribution in [0.2, 0.25) is 0 Å². The molecule has 1 aromatic heterocycles. The third kappa shape index (κ3) is 4.72. The van der Waals surface area contributed by atoms with E-state index in [0.29, 0.717) is 12.2 Å². The van der Waals surface area contributed by atoms with Crippen molar-refractivity contribution in [1.29, 1.82) is 0 Å². The zero-order valence-corrected chi connectivity index (χ0v) is 11.6. The Hall–Kier alpha value is -2.36. The van der Waals surface area contributed by atoms with Gasteiger partial charge >= 0.3 is 6.03 Å². The van der Waals surface area contributed by atoms with Gasteiger partial charge in [0.25, 0.3) is 0 Å². The van der Waals surface area contributed by atoms with Crippen molar-refractivity contribution < 1.29 is 4.79 Å². The predicted octanol–water partition coefficient (Wildman–Crippen LogP) is 3.14. The van der Waals surface area contributed by atoms with Gasteiger partial charge in [-0.05, 0) is 37.5 Å². The first-order chi connectivity index (χ1) is 9.74. The lowest BCUT2D eigenvalue weighted by Gasteiger charge is -2.07. The molecule has 104 valence electrons. The highest BCUT2D eigenvalue weighted by atomic mass is 16.2. The number of aromatic nitrogens is 1. The number of nitrogens with one attached hydrogen (secondary N) is 2. The number of carbonyl (C=O) groups is 1. The lowest BCUT2D eigenvalue weighted by atomic mass is 10.1. The Morgan fingerprint density at radius 1 is 1.15 bits per heavy atom. The SMILES string of the molecule is Cc1ccc(NC(=O)NCCCc2ccccc2)cn1. The van der Waals surface area contributed by atoms with Crippen LogP contribution in [0.5, 0.6) is 0 Å². The normalized spacial score (nSPS) is 10.1. The van der Waals surface area contributed by atoms with Gasteiger partial charge in [-0.25, -0.2) is 4.79 Å². The molecule has 0 radical (unpaired) electrons. The van der Waals surface area contributed by atoms with E-state index in [1.54, 1.807) is 6.20 Å². The van der Waals surface area contributed by atoms with E-state index < -0.39 is 0 Å². The van der Waals surface area contributed by atoms with Gasteiger partial charge in [0.2, 0.25) is 0 Å². The maximum absolute atomic E-state index is 11.7. The van der Waals surface area contributed by atoms with Crippen molar-refractivity contribution in [1.82, 2.24) is 10.3 Å². The Kier molecular flexibility index (Phi) is 5.12. The van der Waals surface area contributed by atoms with Crippen molar-refractivity contribution in [3.63, 3.8) is 0 Å². The number of hydrogen-bond donors (Lipinski definition) is 2. The van der Waals surface area contributed by atoms with E-state index in [0.717, 1.165) is 18.5 Å². The minimum absolute atomic E-state index is 0.191. The standard InChI is InChI=1S/C16H19N3O/c1-13-9-10-15(12-18-13)19-16(20)17-11-5-8-14-6-3-2-4-7-14/h2-4,6-7,9-10,12H,5,8,11H2,1H3,(H2,17,19,20). The first-order valence-corrected chi connectivity index (χ1v) is 6.75. The smallest absolute Gasteiger partial charge is 0.319 e. The second-order valence-electron chi connectivity index (χ2n) is 4.66. The highest BCUT2D eigenvalue weighted by Crippen LogP contribution is 2.05. The van der Waals surface area contributed by atoms with Gasteiger partial charge in [0, 0.05) is 12.2 Å². The van der Waals surface area contributed by atoms with E-state index in [4.69, 9.17) is 0 Å². The molecule has 0 atom stereocenters. The summed E-state index contributed by atoms with van der Waals surface area (Å²) in [4.78, 5) is 15.8. The molecule has 0 saturated carbocycles. The summed E-state index contributed by atoms with van der Waals surface area (Å²) < 4.78 is 0. The molecule has 0 bridgehead atoms. The second-order valence-corrected chi connectivity index (χ2v) is 4.66. The number of aryl methyl sites for hydroxylation is 2. The van der Waals surface area contributed by atoms with Crippen LogP contribution in [0.15, 0.2) is 48.7 Å². The summed E-state index contributed by atoms with van der Waals surface area (Å²) in [6, 6.07) is 13.8.